The molecule has 0 aliphatic carbocycles. The summed E-state index contributed by atoms with van der Waals surface area (Å²) in [5.41, 5.74) is 9.28. The number of nitrogens with zero attached hydrogens (tertiary/aromatic N) is 5. The summed E-state index contributed by atoms with van der Waals surface area (Å²) < 4.78 is 59.8. The molecule has 0 spiro atoms. The summed E-state index contributed by atoms with van der Waals surface area (Å²) in [4.78, 5) is 13.0. The Bertz CT molecular complexity index is 1540. The van der Waals surface area contributed by atoms with E-state index in [-0.39, 0.29) is 24.7 Å². The van der Waals surface area contributed by atoms with Crippen molar-refractivity contribution in [2.24, 2.45) is 5.73 Å². The molecule has 0 saturated carbocycles. The van der Waals surface area contributed by atoms with Gasteiger partial charge in [0.1, 0.15) is 23.0 Å². The van der Waals surface area contributed by atoms with Gasteiger partial charge in [0, 0.05) is 56.6 Å². The number of imidazole rings is 1. The minimum atomic E-state index is -2.80. The van der Waals surface area contributed by atoms with Crippen molar-refractivity contribution in [1.82, 2.24) is 14.5 Å². The number of alkyl halides is 2. The fraction of sp³-hybridized carbons (Fsp3) is 0.357. The number of piperidine rings is 1. The van der Waals surface area contributed by atoms with Crippen molar-refractivity contribution in [3.63, 3.8) is 0 Å². The number of nitrogens with two attached hydrogens (primary N) is 1. The summed E-state index contributed by atoms with van der Waals surface area (Å²) in [5.74, 6) is -3.59. The third kappa shape index (κ3) is 4.64. The van der Waals surface area contributed by atoms with Crippen LogP contribution in [0.25, 0.3) is 28.2 Å². The Hall–Kier alpha value is -3.86. The smallest absolute Gasteiger partial charge is 0.266 e. The summed E-state index contributed by atoms with van der Waals surface area (Å²) in [6.07, 6.45) is 3.24. The minimum Gasteiger partial charge on any atom is -0.386 e. The van der Waals surface area contributed by atoms with Gasteiger partial charge in [0.15, 0.2) is 5.65 Å². The van der Waals surface area contributed by atoms with Gasteiger partial charge in [-0.15, -0.1) is 0 Å². The zero-order valence-corrected chi connectivity index (χ0v) is 21.5. The number of rotatable bonds is 5. The molecule has 2 fully saturated rings. The van der Waals surface area contributed by atoms with Gasteiger partial charge in [0.05, 0.1) is 23.6 Å². The van der Waals surface area contributed by atoms with Crippen LogP contribution in [0.3, 0.4) is 0 Å². The van der Waals surface area contributed by atoms with Crippen molar-refractivity contribution in [2.45, 2.75) is 31.2 Å². The average molecular weight is 540 g/mol. The fourth-order valence-electron chi connectivity index (χ4n) is 5.55. The topological polar surface area (TPSA) is 75.2 Å². The lowest BCUT2D eigenvalue weighted by Gasteiger charge is -2.32. The number of benzene rings is 2. The van der Waals surface area contributed by atoms with Crippen LogP contribution in [-0.2, 0) is 0 Å². The van der Waals surface area contributed by atoms with Gasteiger partial charge < -0.3 is 20.9 Å². The van der Waals surface area contributed by atoms with E-state index in [9.17, 15) is 13.2 Å². The molecule has 0 amide bonds. The van der Waals surface area contributed by atoms with E-state index in [2.05, 4.69) is 15.2 Å². The Balaban J connectivity index is 1.52. The van der Waals surface area contributed by atoms with E-state index in [0.717, 1.165) is 25.1 Å². The minimum absolute atomic E-state index is 0.0228. The normalized spacial score (nSPS) is 19.2. The standard InChI is InChI=1S/C28H29F4N7/c1-34-22-6-4-17(13-20(22)29)26-36-25-24(37-11-2-3-18(33)15-37)8-10-35-27(25)39(26)23-7-5-19(14-21(23)30)38-12-9-28(31,32)16-38/h4-8,10,13-14,18,34H,2-3,9,11-12,15-16,33H2,1H3/t18-/m1/s1. The molecule has 0 unspecified atom stereocenters. The molecule has 4 aromatic rings. The molecule has 2 aromatic carbocycles. The maximum atomic E-state index is 15.8. The number of hydrogen-bond donors (Lipinski definition) is 2. The van der Waals surface area contributed by atoms with Crippen molar-refractivity contribution in [2.75, 3.05) is 48.3 Å². The number of nitrogens with one attached hydrogen (secondary N) is 1. The van der Waals surface area contributed by atoms with E-state index in [0.29, 0.717) is 40.5 Å². The Morgan fingerprint density at radius 1 is 1.00 bits per heavy atom. The van der Waals surface area contributed by atoms with Crippen molar-refractivity contribution < 1.29 is 17.6 Å². The van der Waals surface area contributed by atoms with E-state index < -0.39 is 24.1 Å². The van der Waals surface area contributed by atoms with Crippen LogP contribution in [0.15, 0.2) is 48.7 Å². The van der Waals surface area contributed by atoms with Crippen LogP contribution in [-0.4, -0.2) is 59.7 Å². The number of hydrogen-bond acceptors (Lipinski definition) is 6. The van der Waals surface area contributed by atoms with Crippen LogP contribution < -0.4 is 20.9 Å². The molecular formula is C28H29F4N7. The molecule has 204 valence electrons. The second-order valence-electron chi connectivity index (χ2n) is 10.2. The third-order valence-corrected chi connectivity index (χ3v) is 7.53. The highest BCUT2D eigenvalue weighted by atomic mass is 19.3. The second kappa shape index (κ2) is 9.71. The summed E-state index contributed by atoms with van der Waals surface area (Å²) in [5, 5.41) is 2.80. The molecule has 3 N–H and O–H groups in total. The van der Waals surface area contributed by atoms with Gasteiger partial charge in [-0.1, -0.05) is 0 Å². The zero-order chi connectivity index (χ0) is 27.3. The van der Waals surface area contributed by atoms with Gasteiger partial charge >= 0.3 is 0 Å². The third-order valence-electron chi connectivity index (χ3n) is 7.53. The summed E-state index contributed by atoms with van der Waals surface area (Å²) in [6.45, 7) is 1.14. The number of anilines is 3. The van der Waals surface area contributed by atoms with Crippen LogP contribution in [0.2, 0.25) is 0 Å². The van der Waals surface area contributed by atoms with E-state index >= 15 is 4.39 Å². The van der Waals surface area contributed by atoms with Crippen LogP contribution in [0.5, 0.6) is 0 Å². The second-order valence-corrected chi connectivity index (χ2v) is 10.2. The number of aromatic nitrogens is 3. The molecule has 4 heterocycles. The highest BCUT2D eigenvalue weighted by molar-refractivity contribution is 5.91. The lowest BCUT2D eigenvalue weighted by molar-refractivity contribution is 0.0257. The Kier molecular flexibility index (Phi) is 6.33. The fourth-order valence-corrected chi connectivity index (χ4v) is 5.55. The Labute approximate surface area is 223 Å². The van der Waals surface area contributed by atoms with Gasteiger partial charge in [0.2, 0.25) is 0 Å². The van der Waals surface area contributed by atoms with Crippen molar-refractivity contribution in [1.29, 1.82) is 0 Å². The zero-order valence-electron chi connectivity index (χ0n) is 21.5. The van der Waals surface area contributed by atoms with Crippen LogP contribution in [0, 0.1) is 11.6 Å². The predicted octanol–water partition coefficient (Wildman–Crippen LogP) is 5.18. The van der Waals surface area contributed by atoms with E-state index in [1.807, 2.05) is 6.07 Å². The van der Waals surface area contributed by atoms with E-state index in [4.69, 9.17) is 10.7 Å². The molecule has 2 saturated heterocycles. The maximum absolute atomic E-state index is 15.8. The van der Waals surface area contributed by atoms with E-state index in [1.165, 1.54) is 23.1 Å². The molecule has 39 heavy (non-hydrogen) atoms. The molecule has 2 aliphatic rings. The van der Waals surface area contributed by atoms with Crippen molar-refractivity contribution in [3.8, 4) is 17.1 Å². The average Bonchev–Trinajstić information content (AvgIpc) is 3.48. The molecule has 7 nitrogen and oxygen atoms in total. The van der Waals surface area contributed by atoms with Crippen molar-refractivity contribution in [3.05, 3.63) is 60.3 Å². The quantitative estimate of drug-likeness (QED) is 0.341. The molecule has 2 aliphatic heterocycles. The molecule has 6 rings (SSSR count). The van der Waals surface area contributed by atoms with Gasteiger partial charge in [-0.3, -0.25) is 4.57 Å². The Morgan fingerprint density at radius 2 is 1.85 bits per heavy atom. The van der Waals surface area contributed by atoms with Crippen LogP contribution in [0.4, 0.5) is 34.6 Å². The van der Waals surface area contributed by atoms with Crippen LogP contribution >= 0.6 is 0 Å². The van der Waals surface area contributed by atoms with E-state index in [1.54, 1.807) is 36.0 Å². The lowest BCUT2D eigenvalue weighted by atomic mass is 10.1. The highest BCUT2D eigenvalue weighted by Crippen LogP contribution is 2.37. The van der Waals surface area contributed by atoms with Gasteiger partial charge in [-0.05, 0) is 55.3 Å². The predicted molar refractivity (Wildman–Crippen MR) is 145 cm³/mol. The van der Waals surface area contributed by atoms with Crippen molar-refractivity contribution >= 4 is 28.2 Å². The number of halogens is 4. The SMILES string of the molecule is CNc1ccc(-c2nc3c(N4CCC[C@@H](N)C4)ccnc3n2-c2ccc(N3CCC(F)(F)C3)cc2F)cc1F. The van der Waals surface area contributed by atoms with Crippen LogP contribution in [0.1, 0.15) is 19.3 Å². The molecule has 0 radical (unpaired) electrons. The number of fused-ring (bicyclic) bond motifs is 1. The first-order valence-electron chi connectivity index (χ1n) is 13.0. The Morgan fingerprint density at radius 3 is 2.54 bits per heavy atom. The van der Waals surface area contributed by atoms with Gasteiger partial charge in [-0.25, -0.2) is 27.5 Å². The largest absolute Gasteiger partial charge is 0.386 e. The molecular weight excluding hydrogens is 510 g/mol. The first kappa shape index (κ1) is 25.4. The molecule has 11 heteroatoms. The molecule has 1 atom stereocenters. The summed E-state index contributed by atoms with van der Waals surface area (Å²) >= 11 is 0. The van der Waals surface area contributed by atoms with Gasteiger partial charge in [-0.2, -0.15) is 0 Å². The maximum Gasteiger partial charge on any atom is 0.266 e. The summed E-state index contributed by atoms with van der Waals surface area (Å²) in [6, 6.07) is 10.9. The summed E-state index contributed by atoms with van der Waals surface area (Å²) in [7, 11) is 1.63. The highest BCUT2D eigenvalue weighted by Gasteiger charge is 2.38. The molecule has 2 aromatic heterocycles. The monoisotopic (exact) mass is 539 g/mol. The van der Waals surface area contributed by atoms with Gasteiger partial charge in [0.25, 0.3) is 5.92 Å². The first-order chi connectivity index (χ1) is 18.7. The molecule has 0 bridgehead atoms. The first-order valence-corrected chi connectivity index (χ1v) is 13.0. The lowest BCUT2D eigenvalue weighted by Crippen LogP contribution is -2.42. The number of pyridine rings is 1.